The van der Waals surface area contributed by atoms with Gasteiger partial charge in [-0.25, -0.2) is 0 Å². The first-order valence-corrected chi connectivity index (χ1v) is 6.60. The third kappa shape index (κ3) is 2.37. The molecule has 1 aromatic carbocycles. The van der Waals surface area contributed by atoms with Crippen LogP contribution in [0.2, 0.25) is 0 Å². The van der Waals surface area contributed by atoms with Crippen molar-refractivity contribution in [3.63, 3.8) is 0 Å². The van der Waals surface area contributed by atoms with Crippen LogP contribution in [0.4, 0.5) is 0 Å². The number of pyridine rings is 1. The molecule has 94 valence electrons. The van der Waals surface area contributed by atoms with Gasteiger partial charge in [0.15, 0.2) is 0 Å². The maximum absolute atomic E-state index is 4.78. The lowest BCUT2D eigenvalue weighted by molar-refractivity contribution is 0.355. The van der Waals surface area contributed by atoms with Gasteiger partial charge >= 0.3 is 0 Å². The third-order valence-corrected chi connectivity index (χ3v) is 3.66. The van der Waals surface area contributed by atoms with Crippen molar-refractivity contribution in [3.8, 4) is 0 Å². The maximum Gasteiger partial charge on any atom is 0.0706 e. The van der Waals surface area contributed by atoms with Crippen molar-refractivity contribution in [2.45, 2.75) is 12.5 Å². The van der Waals surface area contributed by atoms with E-state index in [1.807, 2.05) is 6.07 Å². The van der Waals surface area contributed by atoms with Crippen molar-refractivity contribution >= 4 is 10.9 Å². The summed E-state index contributed by atoms with van der Waals surface area (Å²) >= 11 is 0. The molecular formula is C15H19N3. The second-order valence-electron chi connectivity index (χ2n) is 5.03. The Balaban J connectivity index is 1.89. The first-order valence-electron chi connectivity index (χ1n) is 6.60. The number of aromatic nitrogens is 1. The Morgan fingerprint density at radius 3 is 3.00 bits per heavy atom. The molecule has 1 aliphatic rings. The summed E-state index contributed by atoms with van der Waals surface area (Å²) in [6, 6.07) is 13.0. The van der Waals surface area contributed by atoms with Gasteiger partial charge in [0.05, 0.1) is 17.3 Å². The van der Waals surface area contributed by atoms with Crippen molar-refractivity contribution in [1.29, 1.82) is 0 Å². The van der Waals surface area contributed by atoms with Crippen molar-refractivity contribution in [2.75, 3.05) is 26.7 Å². The van der Waals surface area contributed by atoms with Gasteiger partial charge in [-0.15, -0.1) is 0 Å². The summed E-state index contributed by atoms with van der Waals surface area (Å²) in [6.45, 7) is 3.28. The Bertz CT molecular complexity index is 538. The highest BCUT2D eigenvalue weighted by molar-refractivity contribution is 5.78. The fourth-order valence-corrected chi connectivity index (χ4v) is 2.52. The monoisotopic (exact) mass is 241 g/mol. The van der Waals surface area contributed by atoms with E-state index in [0.29, 0.717) is 6.04 Å². The number of likely N-dealkylation sites (N-methyl/N-ethyl adjacent to an activating group) is 1. The molecule has 0 amide bonds. The average molecular weight is 241 g/mol. The standard InChI is InChI=1S/C15H19N3/c1-18-10-8-14(16-9-11-18)15-7-6-12-4-2-3-5-13(12)17-15/h2-7,14,16H,8-11H2,1H3. The fraction of sp³-hybridized carbons (Fsp3) is 0.400. The van der Waals surface area contributed by atoms with Crippen molar-refractivity contribution in [1.82, 2.24) is 15.2 Å². The highest BCUT2D eigenvalue weighted by Gasteiger charge is 2.16. The first-order chi connectivity index (χ1) is 8.83. The Kier molecular flexibility index (Phi) is 3.26. The molecule has 1 saturated heterocycles. The van der Waals surface area contributed by atoms with Crippen LogP contribution < -0.4 is 5.32 Å². The van der Waals surface area contributed by atoms with E-state index in [-0.39, 0.29) is 0 Å². The SMILES string of the molecule is CN1CCNC(c2ccc3ccccc3n2)CC1. The quantitative estimate of drug-likeness (QED) is 0.829. The molecule has 1 atom stereocenters. The Morgan fingerprint density at radius 1 is 1.17 bits per heavy atom. The number of fused-ring (bicyclic) bond motifs is 1. The molecule has 1 aliphatic heterocycles. The Morgan fingerprint density at radius 2 is 2.06 bits per heavy atom. The molecule has 18 heavy (non-hydrogen) atoms. The molecule has 0 radical (unpaired) electrons. The normalized spacial score (nSPS) is 21.9. The van der Waals surface area contributed by atoms with Crippen LogP contribution in [-0.2, 0) is 0 Å². The maximum atomic E-state index is 4.78. The molecule has 3 nitrogen and oxygen atoms in total. The van der Waals surface area contributed by atoms with E-state index in [1.54, 1.807) is 0 Å². The van der Waals surface area contributed by atoms with Gasteiger partial charge in [-0.3, -0.25) is 4.98 Å². The fourth-order valence-electron chi connectivity index (χ4n) is 2.52. The van der Waals surface area contributed by atoms with Gasteiger partial charge in [0, 0.05) is 18.5 Å². The van der Waals surface area contributed by atoms with Crippen LogP contribution in [-0.4, -0.2) is 36.6 Å². The van der Waals surface area contributed by atoms with Crippen LogP contribution in [0.3, 0.4) is 0 Å². The van der Waals surface area contributed by atoms with E-state index >= 15 is 0 Å². The molecule has 0 aliphatic carbocycles. The van der Waals surface area contributed by atoms with E-state index in [9.17, 15) is 0 Å². The molecule has 0 spiro atoms. The molecule has 1 N–H and O–H groups in total. The second-order valence-corrected chi connectivity index (χ2v) is 5.03. The predicted molar refractivity (Wildman–Crippen MR) is 74.6 cm³/mol. The van der Waals surface area contributed by atoms with Crippen molar-refractivity contribution in [2.24, 2.45) is 0 Å². The van der Waals surface area contributed by atoms with Crippen LogP contribution in [0.25, 0.3) is 10.9 Å². The zero-order valence-corrected chi connectivity index (χ0v) is 10.8. The van der Waals surface area contributed by atoms with E-state index in [4.69, 9.17) is 4.98 Å². The lowest BCUT2D eigenvalue weighted by Gasteiger charge is -2.15. The lowest BCUT2D eigenvalue weighted by Crippen LogP contribution is -2.25. The molecule has 1 aromatic heterocycles. The van der Waals surface area contributed by atoms with Crippen LogP contribution in [0, 0.1) is 0 Å². The molecule has 2 heterocycles. The average Bonchev–Trinajstić information content (AvgIpc) is 2.63. The van der Waals surface area contributed by atoms with Gasteiger partial charge < -0.3 is 10.2 Å². The highest BCUT2D eigenvalue weighted by atomic mass is 15.1. The first kappa shape index (κ1) is 11.6. The summed E-state index contributed by atoms with van der Waals surface area (Å²) in [5.41, 5.74) is 2.26. The van der Waals surface area contributed by atoms with Crippen LogP contribution in [0.5, 0.6) is 0 Å². The van der Waals surface area contributed by atoms with E-state index in [1.165, 1.54) is 11.1 Å². The Labute approximate surface area is 108 Å². The summed E-state index contributed by atoms with van der Waals surface area (Å²) in [4.78, 5) is 7.15. The number of hydrogen-bond acceptors (Lipinski definition) is 3. The van der Waals surface area contributed by atoms with Gasteiger partial charge in [0.2, 0.25) is 0 Å². The molecule has 3 heteroatoms. The topological polar surface area (TPSA) is 28.2 Å². The zero-order valence-electron chi connectivity index (χ0n) is 10.8. The van der Waals surface area contributed by atoms with Crippen LogP contribution in [0.15, 0.2) is 36.4 Å². The molecule has 0 bridgehead atoms. The van der Waals surface area contributed by atoms with Gasteiger partial charge in [0.1, 0.15) is 0 Å². The second kappa shape index (κ2) is 5.04. The summed E-state index contributed by atoms with van der Waals surface area (Å²) in [5, 5.41) is 4.80. The predicted octanol–water partition coefficient (Wildman–Crippen LogP) is 2.20. The number of rotatable bonds is 1. The van der Waals surface area contributed by atoms with Crippen molar-refractivity contribution in [3.05, 3.63) is 42.1 Å². The number of para-hydroxylation sites is 1. The number of nitrogens with one attached hydrogen (secondary N) is 1. The van der Waals surface area contributed by atoms with Crippen LogP contribution in [0.1, 0.15) is 18.2 Å². The molecular weight excluding hydrogens is 222 g/mol. The molecule has 1 fully saturated rings. The van der Waals surface area contributed by atoms with Crippen LogP contribution >= 0.6 is 0 Å². The van der Waals surface area contributed by atoms with E-state index in [0.717, 1.165) is 31.6 Å². The van der Waals surface area contributed by atoms with Gasteiger partial charge in [-0.05, 0) is 32.1 Å². The minimum Gasteiger partial charge on any atom is -0.307 e. The third-order valence-electron chi connectivity index (χ3n) is 3.66. The van der Waals surface area contributed by atoms with Gasteiger partial charge in [-0.1, -0.05) is 24.3 Å². The van der Waals surface area contributed by atoms with Gasteiger partial charge in [-0.2, -0.15) is 0 Å². The molecule has 1 unspecified atom stereocenters. The molecule has 3 rings (SSSR count). The van der Waals surface area contributed by atoms with Crippen molar-refractivity contribution < 1.29 is 0 Å². The summed E-state index contributed by atoms with van der Waals surface area (Å²) in [5.74, 6) is 0. The molecule has 2 aromatic rings. The van der Waals surface area contributed by atoms with E-state index < -0.39 is 0 Å². The summed E-state index contributed by atoms with van der Waals surface area (Å²) < 4.78 is 0. The lowest BCUT2D eigenvalue weighted by atomic mass is 10.1. The number of benzene rings is 1. The van der Waals surface area contributed by atoms with E-state index in [2.05, 4.69) is 47.6 Å². The van der Waals surface area contributed by atoms with Gasteiger partial charge in [0.25, 0.3) is 0 Å². The Hall–Kier alpha value is -1.45. The number of hydrogen-bond donors (Lipinski definition) is 1. The minimum absolute atomic E-state index is 0.388. The highest BCUT2D eigenvalue weighted by Crippen LogP contribution is 2.20. The largest absolute Gasteiger partial charge is 0.307 e. The minimum atomic E-state index is 0.388. The summed E-state index contributed by atoms with van der Waals surface area (Å²) in [6.07, 6.45) is 1.13. The zero-order chi connectivity index (χ0) is 12.4. The summed E-state index contributed by atoms with van der Waals surface area (Å²) in [7, 11) is 2.18. The number of nitrogens with zero attached hydrogens (tertiary/aromatic N) is 2. The molecule has 0 saturated carbocycles. The smallest absolute Gasteiger partial charge is 0.0706 e.